The number of aliphatic imine (C=N–C) groups is 1. The summed E-state index contributed by atoms with van der Waals surface area (Å²) in [6.45, 7) is 10.7. The van der Waals surface area contributed by atoms with Gasteiger partial charge in [-0.3, -0.25) is 9.79 Å². The Hall–Kier alpha value is -0.660. The summed E-state index contributed by atoms with van der Waals surface area (Å²) in [4.78, 5) is 16.9. The summed E-state index contributed by atoms with van der Waals surface area (Å²) in [5.41, 5.74) is 0.840. The molecule has 0 radical (unpaired) electrons. The van der Waals surface area contributed by atoms with Crippen LogP contribution < -0.4 is 0 Å². The fourth-order valence-corrected chi connectivity index (χ4v) is 3.25. The van der Waals surface area contributed by atoms with Crippen LogP contribution in [0.2, 0.25) is 0 Å². The highest BCUT2D eigenvalue weighted by Gasteiger charge is 2.64. The van der Waals surface area contributed by atoms with E-state index in [1.165, 1.54) is 0 Å². The van der Waals surface area contributed by atoms with Gasteiger partial charge < -0.3 is 0 Å². The van der Waals surface area contributed by atoms with Gasteiger partial charge in [-0.1, -0.05) is 20.8 Å². The second kappa shape index (κ2) is 2.93. The summed E-state index contributed by atoms with van der Waals surface area (Å²) in [5, 5.41) is 0. The number of hydrogen-bond acceptors (Lipinski definition) is 2. The molecule has 0 N–H and O–H groups in total. The minimum atomic E-state index is -0.147. The number of nitrogens with zero attached hydrogens (tertiary/aromatic N) is 1. The Morgan fingerprint density at radius 1 is 1.33 bits per heavy atom. The minimum absolute atomic E-state index is 0.109. The molecule has 0 saturated heterocycles. The van der Waals surface area contributed by atoms with E-state index in [1.54, 1.807) is 0 Å². The third-order valence-electron chi connectivity index (χ3n) is 4.69. The first-order valence-corrected chi connectivity index (χ1v) is 5.93. The molecule has 2 heteroatoms. The van der Waals surface area contributed by atoms with E-state index in [-0.39, 0.29) is 16.9 Å². The van der Waals surface area contributed by atoms with Gasteiger partial charge in [0.1, 0.15) is 0 Å². The summed E-state index contributed by atoms with van der Waals surface area (Å²) >= 11 is 0. The number of carbonyl (C=O) groups excluding carboxylic acids is 1. The van der Waals surface area contributed by atoms with E-state index in [0.29, 0.717) is 11.7 Å². The van der Waals surface area contributed by atoms with Gasteiger partial charge in [0, 0.05) is 17.4 Å². The van der Waals surface area contributed by atoms with Gasteiger partial charge in [0.2, 0.25) is 0 Å². The highest BCUT2D eigenvalue weighted by atomic mass is 16.1. The van der Waals surface area contributed by atoms with Crippen LogP contribution in [0.25, 0.3) is 0 Å². The third-order valence-corrected chi connectivity index (χ3v) is 4.69. The highest BCUT2D eigenvalue weighted by Crippen LogP contribution is 2.62. The van der Waals surface area contributed by atoms with Crippen molar-refractivity contribution in [1.29, 1.82) is 0 Å². The molecular weight excluding hydrogens is 186 g/mol. The van der Waals surface area contributed by atoms with Crippen LogP contribution in [0.3, 0.4) is 0 Å². The topological polar surface area (TPSA) is 29.4 Å². The van der Waals surface area contributed by atoms with Crippen LogP contribution in [0.15, 0.2) is 4.99 Å². The lowest BCUT2D eigenvalue weighted by Crippen LogP contribution is -2.33. The van der Waals surface area contributed by atoms with Crippen molar-refractivity contribution in [1.82, 2.24) is 0 Å². The van der Waals surface area contributed by atoms with Crippen LogP contribution >= 0.6 is 0 Å². The summed E-state index contributed by atoms with van der Waals surface area (Å²) in [5.74, 6) is 0.717. The lowest BCUT2D eigenvalue weighted by molar-refractivity contribution is -0.123. The summed E-state index contributed by atoms with van der Waals surface area (Å²) < 4.78 is 0. The van der Waals surface area contributed by atoms with Crippen molar-refractivity contribution >= 4 is 11.5 Å². The monoisotopic (exact) mass is 207 g/mol. The Morgan fingerprint density at radius 3 is 2.33 bits per heavy atom. The van der Waals surface area contributed by atoms with Gasteiger partial charge in [-0.05, 0) is 32.1 Å². The number of carbonyl (C=O) groups is 1. The summed E-state index contributed by atoms with van der Waals surface area (Å²) in [7, 11) is 0. The van der Waals surface area contributed by atoms with Crippen molar-refractivity contribution < 1.29 is 4.79 Å². The molecule has 2 rings (SSSR count). The Labute approximate surface area is 92.2 Å². The van der Waals surface area contributed by atoms with E-state index in [0.717, 1.165) is 18.6 Å². The fourth-order valence-electron chi connectivity index (χ4n) is 3.25. The molecule has 0 spiro atoms. The smallest absolute Gasteiger partial charge is 0.183 e. The van der Waals surface area contributed by atoms with Gasteiger partial charge in [0.05, 0.1) is 5.71 Å². The van der Waals surface area contributed by atoms with E-state index in [1.807, 2.05) is 13.8 Å². The summed E-state index contributed by atoms with van der Waals surface area (Å²) in [6, 6.07) is 0.239. The average Bonchev–Trinajstić information content (AvgIpc) is 2.40. The Morgan fingerprint density at radius 2 is 1.93 bits per heavy atom. The van der Waals surface area contributed by atoms with Crippen molar-refractivity contribution in [3.8, 4) is 0 Å². The fraction of sp³-hybridized carbons (Fsp3) is 0.846. The molecule has 0 amide bonds. The van der Waals surface area contributed by atoms with Crippen molar-refractivity contribution in [2.75, 3.05) is 0 Å². The molecule has 2 unspecified atom stereocenters. The lowest BCUT2D eigenvalue weighted by atomic mass is 9.70. The number of fused-ring (bicyclic) bond motifs is 2. The molecule has 2 fully saturated rings. The van der Waals surface area contributed by atoms with E-state index in [4.69, 9.17) is 0 Å². The zero-order valence-electron chi connectivity index (χ0n) is 10.4. The maximum Gasteiger partial charge on any atom is 0.183 e. The Balaban J connectivity index is 2.47. The van der Waals surface area contributed by atoms with Gasteiger partial charge in [-0.2, -0.15) is 0 Å². The third kappa shape index (κ3) is 1.17. The van der Waals surface area contributed by atoms with Gasteiger partial charge in [-0.15, -0.1) is 0 Å². The molecule has 84 valence electrons. The second-order valence-corrected chi connectivity index (χ2v) is 6.08. The first-order valence-electron chi connectivity index (χ1n) is 5.93. The van der Waals surface area contributed by atoms with Gasteiger partial charge in [-0.25, -0.2) is 0 Å². The van der Waals surface area contributed by atoms with Gasteiger partial charge in [0.15, 0.2) is 5.78 Å². The normalized spacial score (nSPS) is 40.8. The van der Waals surface area contributed by atoms with E-state index in [9.17, 15) is 4.79 Å². The van der Waals surface area contributed by atoms with Crippen LogP contribution in [-0.4, -0.2) is 17.5 Å². The summed E-state index contributed by atoms with van der Waals surface area (Å²) in [6.07, 6.45) is 2.18. The predicted octanol–water partition coefficient (Wildman–Crippen LogP) is 2.86. The molecule has 2 bridgehead atoms. The maximum atomic E-state index is 12.3. The van der Waals surface area contributed by atoms with Gasteiger partial charge >= 0.3 is 0 Å². The molecule has 0 aliphatic heterocycles. The van der Waals surface area contributed by atoms with Gasteiger partial charge in [0.25, 0.3) is 0 Å². The van der Waals surface area contributed by atoms with Crippen LogP contribution in [0, 0.1) is 16.7 Å². The Bertz CT molecular complexity index is 340. The molecular formula is C13H21NO. The number of Topliss-reactive ketones (excluding diaryl/α,β-unsaturated/α-hetero) is 1. The molecule has 0 aromatic heterocycles. The molecule has 0 heterocycles. The maximum absolute atomic E-state index is 12.3. The highest BCUT2D eigenvalue weighted by molar-refractivity contribution is 6.45. The average molecular weight is 207 g/mol. The molecule has 2 aliphatic rings. The number of hydrogen-bond donors (Lipinski definition) is 0. The molecule has 2 aliphatic carbocycles. The molecule has 0 aromatic carbocycles. The zero-order chi connectivity index (χ0) is 11.4. The molecule has 0 aromatic rings. The van der Waals surface area contributed by atoms with E-state index >= 15 is 0 Å². The van der Waals surface area contributed by atoms with Crippen LogP contribution in [0.5, 0.6) is 0 Å². The first kappa shape index (κ1) is 10.8. The van der Waals surface area contributed by atoms with Crippen molar-refractivity contribution in [3.63, 3.8) is 0 Å². The van der Waals surface area contributed by atoms with Crippen LogP contribution in [0.4, 0.5) is 0 Å². The molecule has 2 atom stereocenters. The molecule has 15 heavy (non-hydrogen) atoms. The first-order chi connectivity index (χ1) is 6.80. The minimum Gasteiger partial charge on any atom is -0.292 e. The molecule has 2 saturated carbocycles. The van der Waals surface area contributed by atoms with Crippen LogP contribution in [0.1, 0.15) is 47.5 Å². The number of ketones is 1. The Kier molecular flexibility index (Phi) is 2.12. The van der Waals surface area contributed by atoms with Crippen molar-refractivity contribution in [3.05, 3.63) is 0 Å². The van der Waals surface area contributed by atoms with E-state index in [2.05, 4.69) is 25.8 Å². The lowest BCUT2D eigenvalue weighted by Gasteiger charge is -2.31. The van der Waals surface area contributed by atoms with Crippen molar-refractivity contribution in [2.45, 2.75) is 53.5 Å². The second-order valence-electron chi connectivity index (χ2n) is 6.08. The van der Waals surface area contributed by atoms with Crippen LogP contribution in [-0.2, 0) is 4.79 Å². The quantitative estimate of drug-likeness (QED) is 0.650. The molecule has 2 nitrogen and oxygen atoms in total. The SMILES string of the molecule is CC(C)N=C1C(=O)C2(C)CCC1C2(C)C. The van der Waals surface area contributed by atoms with Crippen molar-refractivity contribution in [2.24, 2.45) is 21.7 Å². The largest absolute Gasteiger partial charge is 0.292 e. The zero-order valence-corrected chi connectivity index (χ0v) is 10.4. The number of rotatable bonds is 1. The standard InChI is InChI=1S/C13H21NO/c1-8(2)14-10-9-6-7-13(5,11(10)15)12(9,3)4/h8-9H,6-7H2,1-5H3. The predicted molar refractivity (Wildman–Crippen MR) is 62.2 cm³/mol. The van der Waals surface area contributed by atoms with E-state index < -0.39 is 0 Å².